The molecule has 0 aliphatic carbocycles. The zero-order chi connectivity index (χ0) is 16.0. The molecule has 0 unspecified atom stereocenters. The Kier molecular flexibility index (Phi) is 2.79. The van der Waals surface area contributed by atoms with E-state index in [0.717, 1.165) is 13.1 Å². The summed E-state index contributed by atoms with van der Waals surface area (Å²) < 4.78 is 22.3. The van der Waals surface area contributed by atoms with Crippen LogP contribution in [-0.4, -0.2) is 70.8 Å². The van der Waals surface area contributed by atoms with Crippen LogP contribution in [0.5, 0.6) is 0 Å². The molecule has 4 fully saturated rings. The van der Waals surface area contributed by atoms with Crippen molar-refractivity contribution >= 4 is 13.3 Å². The van der Waals surface area contributed by atoms with Gasteiger partial charge in [0, 0.05) is 0 Å². The number of esters is 1. The summed E-state index contributed by atoms with van der Waals surface area (Å²) in [6, 6.07) is 0.224. The third-order valence-corrected chi connectivity index (χ3v) is 12.1. The van der Waals surface area contributed by atoms with E-state index in [1.54, 1.807) is 0 Å². The molecular formula is C14H25N2O5P. The van der Waals surface area contributed by atoms with Gasteiger partial charge in [-0.1, -0.05) is 0 Å². The van der Waals surface area contributed by atoms with Gasteiger partial charge in [-0.2, -0.15) is 0 Å². The average molecular weight is 332 g/mol. The van der Waals surface area contributed by atoms with Crippen molar-refractivity contribution in [1.82, 2.24) is 9.34 Å². The van der Waals surface area contributed by atoms with Crippen LogP contribution in [0, 0.1) is 5.41 Å². The van der Waals surface area contributed by atoms with E-state index in [9.17, 15) is 9.90 Å². The Morgan fingerprint density at radius 2 is 1.64 bits per heavy atom. The molecule has 0 amide bonds. The van der Waals surface area contributed by atoms with Crippen LogP contribution < -0.4 is 0 Å². The van der Waals surface area contributed by atoms with Crippen molar-refractivity contribution in [1.29, 1.82) is 0 Å². The van der Waals surface area contributed by atoms with Crippen LogP contribution in [0.3, 0.4) is 0 Å². The molecule has 0 saturated carbocycles. The predicted octanol–water partition coefficient (Wildman–Crippen LogP) is 0.926. The maximum atomic E-state index is 12.7. The molecule has 4 rings (SSSR count). The minimum atomic E-state index is -3.89. The molecule has 1 spiro atoms. The molecule has 0 bridgehead atoms. The van der Waals surface area contributed by atoms with Crippen molar-refractivity contribution in [3.05, 3.63) is 0 Å². The van der Waals surface area contributed by atoms with E-state index in [1.165, 1.54) is 0 Å². The van der Waals surface area contributed by atoms with Gasteiger partial charge in [-0.25, -0.2) is 0 Å². The van der Waals surface area contributed by atoms with E-state index in [-0.39, 0.29) is 18.7 Å². The Morgan fingerprint density at radius 1 is 1.14 bits per heavy atom. The zero-order valence-electron chi connectivity index (χ0n) is 13.6. The van der Waals surface area contributed by atoms with Crippen LogP contribution in [0.1, 0.15) is 27.7 Å². The topological polar surface area (TPSA) is 71.5 Å². The molecule has 4 aliphatic heterocycles. The number of cyclic esters (lactones) is 1. The number of carbonyl (C=O) groups excluding carboxylic acids is 1. The molecule has 126 valence electrons. The van der Waals surface area contributed by atoms with Crippen molar-refractivity contribution in [2.24, 2.45) is 5.41 Å². The van der Waals surface area contributed by atoms with E-state index >= 15 is 0 Å². The first-order chi connectivity index (χ1) is 10.2. The third kappa shape index (κ3) is 1.20. The number of hydrogen-bond acceptors (Lipinski definition) is 7. The molecule has 8 heteroatoms. The van der Waals surface area contributed by atoms with Crippen molar-refractivity contribution < 1.29 is 23.7 Å². The van der Waals surface area contributed by atoms with Gasteiger partial charge in [-0.05, 0) is 0 Å². The number of aliphatic hydroxyl groups is 1. The molecule has 7 nitrogen and oxygen atoms in total. The Morgan fingerprint density at radius 3 is 2.05 bits per heavy atom. The minimum absolute atomic E-state index is 0.112. The second-order valence-electron chi connectivity index (χ2n) is 7.62. The molecule has 0 aromatic rings. The van der Waals surface area contributed by atoms with Gasteiger partial charge in [0.25, 0.3) is 0 Å². The molecule has 0 radical (unpaired) electrons. The molecule has 4 saturated heterocycles. The summed E-state index contributed by atoms with van der Waals surface area (Å²) in [5, 5.41) is 10.0. The second-order valence-corrected chi connectivity index (χ2v) is 11.6. The third-order valence-electron chi connectivity index (χ3n) is 5.92. The van der Waals surface area contributed by atoms with Crippen LogP contribution in [-0.2, 0) is 18.6 Å². The SMILES string of the molecule is C[C@H]1COP23([C@@]4(O)C(=O)OCC4(C)C)OC[C@H](C)N2CCN13. The fourth-order valence-electron chi connectivity index (χ4n) is 4.79. The Labute approximate surface area is 130 Å². The summed E-state index contributed by atoms with van der Waals surface area (Å²) in [6.07, 6.45) is 0. The first kappa shape index (κ1) is 15.2. The van der Waals surface area contributed by atoms with E-state index in [0.29, 0.717) is 13.2 Å². The fraction of sp³-hybridized carbons (Fsp3) is 0.929. The number of hydrogen-bond donors (Lipinski definition) is 1. The van der Waals surface area contributed by atoms with E-state index in [2.05, 4.69) is 23.2 Å². The Hall–Kier alpha value is -0.300. The summed E-state index contributed by atoms with van der Waals surface area (Å²) in [5.74, 6) is -0.602. The molecule has 1 N–H and O–H groups in total. The van der Waals surface area contributed by atoms with E-state index < -0.39 is 24.1 Å². The average Bonchev–Trinajstić information content (AvgIpc) is 3.10. The molecule has 3 atom stereocenters. The van der Waals surface area contributed by atoms with Crippen molar-refractivity contribution in [3.8, 4) is 0 Å². The van der Waals surface area contributed by atoms with Gasteiger partial charge in [0.1, 0.15) is 0 Å². The second kappa shape index (κ2) is 4.02. The van der Waals surface area contributed by atoms with Gasteiger partial charge in [0.2, 0.25) is 0 Å². The van der Waals surface area contributed by atoms with Gasteiger partial charge >= 0.3 is 130 Å². The summed E-state index contributed by atoms with van der Waals surface area (Å²) in [5.41, 5.74) is -0.767. The van der Waals surface area contributed by atoms with Crippen LogP contribution in [0.2, 0.25) is 0 Å². The Balaban J connectivity index is 2.02. The van der Waals surface area contributed by atoms with Gasteiger partial charge in [0.15, 0.2) is 0 Å². The fourth-order valence-corrected chi connectivity index (χ4v) is 11.7. The predicted molar refractivity (Wildman–Crippen MR) is 80.8 cm³/mol. The monoisotopic (exact) mass is 332 g/mol. The summed E-state index contributed by atoms with van der Waals surface area (Å²) in [6.45, 7) is 10.4. The van der Waals surface area contributed by atoms with Gasteiger partial charge in [-0.15, -0.1) is 0 Å². The van der Waals surface area contributed by atoms with Crippen LogP contribution in [0.25, 0.3) is 0 Å². The van der Waals surface area contributed by atoms with Crippen LogP contribution in [0.4, 0.5) is 0 Å². The number of ether oxygens (including phenoxy) is 1. The standard InChI is InChI=1S/C14H25N2O5P/c1-10-7-20-22(14(18)12(17)19-9-13(14,3)4)15(10)5-6-16(22)11(2)8-21-22/h10-11,18H,5-9H2,1-4H3/t10-,11-,14-/m0/s1. The van der Waals surface area contributed by atoms with Gasteiger partial charge < -0.3 is 0 Å². The molecule has 0 aromatic heterocycles. The molecule has 0 aromatic carbocycles. The van der Waals surface area contributed by atoms with Gasteiger partial charge in [-0.3, -0.25) is 0 Å². The maximum absolute atomic E-state index is 12.7. The number of nitrogens with zero attached hydrogens (tertiary/aromatic N) is 2. The Bertz CT molecular complexity index is 529. The number of rotatable bonds is 1. The zero-order valence-corrected chi connectivity index (χ0v) is 14.5. The summed E-state index contributed by atoms with van der Waals surface area (Å²) in [7, 11) is -3.89. The first-order valence-corrected chi connectivity index (χ1v) is 9.94. The van der Waals surface area contributed by atoms with Gasteiger partial charge in [0.05, 0.1) is 0 Å². The number of carbonyl (C=O) groups is 1. The quantitative estimate of drug-likeness (QED) is 0.566. The first-order valence-electron chi connectivity index (χ1n) is 7.96. The van der Waals surface area contributed by atoms with E-state index in [1.807, 2.05) is 13.8 Å². The molecular weight excluding hydrogens is 307 g/mol. The van der Waals surface area contributed by atoms with E-state index in [4.69, 9.17) is 13.8 Å². The normalized spacial score (nSPS) is 47.7. The summed E-state index contributed by atoms with van der Waals surface area (Å²) in [4.78, 5) is 12.7. The molecule has 22 heavy (non-hydrogen) atoms. The van der Waals surface area contributed by atoms with Crippen molar-refractivity contribution in [3.63, 3.8) is 0 Å². The van der Waals surface area contributed by atoms with Crippen LogP contribution >= 0.6 is 7.36 Å². The molecule has 4 aliphatic rings. The van der Waals surface area contributed by atoms with Crippen LogP contribution in [0.15, 0.2) is 0 Å². The molecule has 4 heterocycles. The summed E-state index contributed by atoms with van der Waals surface area (Å²) >= 11 is 0. The van der Waals surface area contributed by atoms with Crippen molar-refractivity contribution in [2.45, 2.75) is 45.1 Å². The van der Waals surface area contributed by atoms with Crippen molar-refractivity contribution in [2.75, 3.05) is 32.9 Å².